The molecule has 0 fully saturated rings. The molecule has 17 heavy (non-hydrogen) atoms. The maximum Gasteiger partial charge on any atom is 0.367 e. The van der Waals surface area contributed by atoms with Gasteiger partial charge < -0.3 is 4.74 Å². The first-order chi connectivity index (χ1) is 8.11. The second-order valence-corrected chi connectivity index (χ2v) is 4.42. The maximum absolute atomic E-state index is 11.5. The molecule has 0 aliphatic rings. The summed E-state index contributed by atoms with van der Waals surface area (Å²) in [7, 11) is 1.86. The van der Waals surface area contributed by atoms with Crippen LogP contribution in [0.15, 0.2) is 11.6 Å². The predicted molar refractivity (Wildman–Crippen MR) is 65.0 cm³/mol. The fourth-order valence-electron chi connectivity index (χ4n) is 1.54. The van der Waals surface area contributed by atoms with E-state index >= 15 is 0 Å². The SMILES string of the molecule is CCOC(=O)c1nc(-c2cn(C)nc2C)cs1. The molecule has 0 saturated heterocycles. The van der Waals surface area contributed by atoms with Crippen LogP contribution in [0.1, 0.15) is 22.4 Å². The van der Waals surface area contributed by atoms with E-state index in [0.29, 0.717) is 11.6 Å². The van der Waals surface area contributed by atoms with E-state index in [4.69, 9.17) is 4.74 Å². The van der Waals surface area contributed by atoms with E-state index in [-0.39, 0.29) is 5.97 Å². The summed E-state index contributed by atoms with van der Waals surface area (Å²) in [5.74, 6) is -0.370. The average molecular weight is 251 g/mol. The fraction of sp³-hybridized carbons (Fsp3) is 0.364. The van der Waals surface area contributed by atoms with Crippen molar-refractivity contribution in [1.29, 1.82) is 0 Å². The van der Waals surface area contributed by atoms with Gasteiger partial charge in [0.1, 0.15) is 0 Å². The van der Waals surface area contributed by atoms with Crippen molar-refractivity contribution < 1.29 is 9.53 Å². The molecule has 6 heteroatoms. The highest BCUT2D eigenvalue weighted by Crippen LogP contribution is 2.24. The highest BCUT2D eigenvalue weighted by Gasteiger charge is 2.15. The fourth-order valence-corrected chi connectivity index (χ4v) is 2.24. The zero-order chi connectivity index (χ0) is 12.4. The first kappa shape index (κ1) is 11.8. The van der Waals surface area contributed by atoms with Crippen molar-refractivity contribution >= 4 is 17.3 Å². The molecule has 0 spiro atoms. The number of carbonyl (C=O) groups is 1. The Hall–Kier alpha value is -1.69. The number of hydrogen-bond acceptors (Lipinski definition) is 5. The number of thiazole rings is 1. The Balaban J connectivity index is 2.30. The molecule has 0 radical (unpaired) electrons. The van der Waals surface area contributed by atoms with Crippen LogP contribution in [0.5, 0.6) is 0 Å². The van der Waals surface area contributed by atoms with Crippen LogP contribution in [0.25, 0.3) is 11.3 Å². The van der Waals surface area contributed by atoms with E-state index < -0.39 is 0 Å². The number of aromatic nitrogens is 3. The number of esters is 1. The Morgan fingerprint density at radius 2 is 2.35 bits per heavy atom. The monoisotopic (exact) mass is 251 g/mol. The Morgan fingerprint density at radius 1 is 1.59 bits per heavy atom. The van der Waals surface area contributed by atoms with Gasteiger partial charge in [-0.25, -0.2) is 9.78 Å². The van der Waals surface area contributed by atoms with Gasteiger partial charge in [-0.1, -0.05) is 0 Å². The molecule has 2 rings (SSSR count). The van der Waals surface area contributed by atoms with Crippen molar-refractivity contribution in [3.63, 3.8) is 0 Å². The van der Waals surface area contributed by atoms with E-state index in [0.717, 1.165) is 17.0 Å². The van der Waals surface area contributed by atoms with Crippen LogP contribution >= 0.6 is 11.3 Å². The van der Waals surface area contributed by atoms with Gasteiger partial charge in [0.25, 0.3) is 0 Å². The lowest BCUT2D eigenvalue weighted by Gasteiger charge is -1.95. The Morgan fingerprint density at radius 3 is 2.94 bits per heavy atom. The van der Waals surface area contributed by atoms with Crippen LogP contribution in [-0.2, 0) is 11.8 Å². The average Bonchev–Trinajstić information content (AvgIpc) is 2.85. The number of aryl methyl sites for hydroxylation is 2. The quantitative estimate of drug-likeness (QED) is 0.783. The van der Waals surface area contributed by atoms with Crippen molar-refractivity contribution in [1.82, 2.24) is 14.8 Å². The molecular formula is C11H13N3O2S. The molecule has 0 atom stereocenters. The molecule has 0 unspecified atom stereocenters. The summed E-state index contributed by atoms with van der Waals surface area (Å²) in [6.07, 6.45) is 1.89. The Bertz CT molecular complexity index is 545. The van der Waals surface area contributed by atoms with Crippen LogP contribution in [0.4, 0.5) is 0 Å². The summed E-state index contributed by atoms with van der Waals surface area (Å²) >= 11 is 1.29. The number of nitrogens with zero attached hydrogens (tertiary/aromatic N) is 3. The molecule has 0 bridgehead atoms. The molecule has 90 valence electrons. The van der Waals surface area contributed by atoms with Crippen LogP contribution in [0.2, 0.25) is 0 Å². The van der Waals surface area contributed by atoms with E-state index in [1.165, 1.54) is 11.3 Å². The van der Waals surface area contributed by atoms with Gasteiger partial charge in [0.15, 0.2) is 0 Å². The number of rotatable bonds is 3. The van der Waals surface area contributed by atoms with Gasteiger partial charge in [-0.15, -0.1) is 11.3 Å². The molecule has 5 nitrogen and oxygen atoms in total. The maximum atomic E-state index is 11.5. The summed E-state index contributed by atoms with van der Waals surface area (Å²) in [6.45, 7) is 4.05. The van der Waals surface area contributed by atoms with Crippen molar-refractivity contribution in [2.45, 2.75) is 13.8 Å². The molecule has 0 aromatic carbocycles. The molecule has 2 aromatic rings. The summed E-state index contributed by atoms with van der Waals surface area (Å²) in [6, 6.07) is 0. The molecule has 2 aromatic heterocycles. The van der Waals surface area contributed by atoms with Crippen LogP contribution in [-0.4, -0.2) is 27.3 Å². The lowest BCUT2D eigenvalue weighted by atomic mass is 10.2. The largest absolute Gasteiger partial charge is 0.461 e. The van der Waals surface area contributed by atoms with Gasteiger partial charge in [0.2, 0.25) is 5.01 Å². The van der Waals surface area contributed by atoms with E-state index in [9.17, 15) is 4.79 Å². The predicted octanol–water partition coefficient (Wildman–Crippen LogP) is 2.03. The first-order valence-corrected chi connectivity index (χ1v) is 6.13. The summed E-state index contributed by atoms with van der Waals surface area (Å²) in [5, 5.41) is 6.47. The zero-order valence-electron chi connectivity index (χ0n) is 9.93. The van der Waals surface area contributed by atoms with Gasteiger partial charge >= 0.3 is 5.97 Å². The molecule has 0 aliphatic carbocycles. The van der Waals surface area contributed by atoms with Gasteiger partial charge in [-0.2, -0.15) is 5.10 Å². The van der Waals surface area contributed by atoms with Crippen molar-refractivity contribution in [3.05, 3.63) is 22.3 Å². The molecular weight excluding hydrogens is 238 g/mol. The lowest BCUT2D eigenvalue weighted by Crippen LogP contribution is -2.03. The Labute approximate surface area is 103 Å². The van der Waals surface area contributed by atoms with E-state index in [1.54, 1.807) is 11.6 Å². The lowest BCUT2D eigenvalue weighted by molar-refractivity contribution is 0.0526. The highest BCUT2D eigenvalue weighted by molar-refractivity contribution is 7.11. The third kappa shape index (κ3) is 2.36. The third-order valence-corrected chi connectivity index (χ3v) is 3.07. The number of carbonyl (C=O) groups excluding carboxylic acids is 1. The minimum absolute atomic E-state index is 0.361. The topological polar surface area (TPSA) is 57.0 Å². The Kier molecular flexibility index (Phi) is 3.23. The van der Waals surface area contributed by atoms with Crippen LogP contribution in [0.3, 0.4) is 0 Å². The first-order valence-electron chi connectivity index (χ1n) is 5.25. The van der Waals surface area contributed by atoms with E-state index in [2.05, 4.69) is 10.1 Å². The van der Waals surface area contributed by atoms with Gasteiger partial charge in [-0.3, -0.25) is 4.68 Å². The van der Waals surface area contributed by atoms with E-state index in [1.807, 2.05) is 25.5 Å². The number of hydrogen-bond donors (Lipinski definition) is 0. The molecule has 0 saturated carbocycles. The van der Waals surface area contributed by atoms with Gasteiger partial charge in [-0.05, 0) is 13.8 Å². The molecule has 0 amide bonds. The normalized spacial score (nSPS) is 10.5. The van der Waals surface area contributed by atoms with Crippen molar-refractivity contribution in [3.8, 4) is 11.3 Å². The van der Waals surface area contributed by atoms with Gasteiger partial charge in [0.05, 0.1) is 18.0 Å². The van der Waals surface area contributed by atoms with Crippen molar-refractivity contribution in [2.75, 3.05) is 6.61 Å². The second kappa shape index (κ2) is 4.67. The highest BCUT2D eigenvalue weighted by atomic mass is 32.1. The standard InChI is InChI=1S/C11H13N3O2S/c1-4-16-11(15)10-12-9(6-17-10)8-5-14(3)13-7(8)2/h5-6H,4H2,1-3H3. The zero-order valence-corrected chi connectivity index (χ0v) is 10.7. The summed E-state index contributed by atoms with van der Waals surface area (Å²) in [4.78, 5) is 15.7. The third-order valence-electron chi connectivity index (χ3n) is 2.24. The van der Waals surface area contributed by atoms with Gasteiger partial charge in [0, 0.05) is 24.2 Å². The minimum Gasteiger partial charge on any atom is -0.461 e. The summed E-state index contributed by atoms with van der Waals surface area (Å²) in [5.41, 5.74) is 2.61. The van der Waals surface area contributed by atoms with Crippen LogP contribution in [0, 0.1) is 6.92 Å². The second-order valence-electron chi connectivity index (χ2n) is 3.56. The molecule has 0 N–H and O–H groups in total. The molecule has 2 heterocycles. The van der Waals surface area contributed by atoms with Crippen molar-refractivity contribution in [2.24, 2.45) is 7.05 Å². The smallest absolute Gasteiger partial charge is 0.367 e. The summed E-state index contributed by atoms with van der Waals surface area (Å²) < 4.78 is 6.63. The van der Waals surface area contributed by atoms with Crippen LogP contribution < -0.4 is 0 Å². The molecule has 0 aliphatic heterocycles. The minimum atomic E-state index is -0.370. The number of ether oxygens (including phenoxy) is 1.